The summed E-state index contributed by atoms with van der Waals surface area (Å²) in [5.41, 5.74) is 7.86. The lowest BCUT2D eigenvalue weighted by Crippen LogP contribution is -2.24. The molecule has 2 unspecified atom stereocenters. The average molecular weight is 177 g/mol. The number of fused-ring (bicyclic) bond motifs is 1. The zero-order valence-electron chi connectivity index (χ0n) is 7.10. The van der Waals surface area contributed by atoms with E-state index in [0.29, 0.717) is 6.42 Å². The summed E-state index contributed by atoms with van der Waals surface area (Å²) < 4.78 is 0. The molecule has 0 aliphatic heterocycles. The molecule has 1 aliphatic carbocycles. The minimum absolute atomic E-state index is 0.339. The third-order valence-electron chi connectivity index (χ3n) is 2.60. The van der Waals surface area contributed by atoms with Crippen LogP contribution in [0.4, 0.5) is 0 Å². The topological polar surface area (TPSA) is 63.3 Å². The summed E-state index contributed by atoms with van der Waals surface area (Å²) in [6.07, 6.45) is 0.562. The van der Waals surface area contributed by atoms with E-state index < -0.39 is 11.9 Å². The zero-order valence-corrected chi connectivity index (χ0v) is 7.10. The van der Waals surface area contributed by atoms with E-state index in [1.807, 2.05) is 24.3 Å². The van der Waals surface area contributed by atoms with Gasteiger partial charge in [-0.2, -0.15) is 0 Å². The van der Waals surface area contributed by atoms with Crippen molar-refractivity contribution < 1.29 is 9.90 Å². The van der Waals surface area contributed by atoms with Crippen LogP contribution in [0.3, 0.4) is 0 Å². The van der Waals surface area contributed by atoms with E-state index in [-0.39, 0.29) is 6.04 Å². The van der Waals surface area contributed by atoms with Gasteiger partial charge in [-0.1, -0.05) is 24.3 Å². The van der Waals surface area contributed by atoms with Crippen molar-refractivity contribution in [3.8, 4) is 0 Å². The molecule has 0 spiro atoms. The minimum atomic E-state index is -0.802. The molecule has 68 valence electrons. The summed E-state index contributed by atoms with van der Waals surface area (Å²) in [4.78, 5) is 10.8. The zero-order chi connectivity index (χ0) is 9.42. The SMILES string of the molecule is NC1c2ccccc2CC1C(=O)O. The van der Waals surface area contributed by atoms with E-state index >= 15 is 0 Å². The van der Waals surface area contributed by atoms with Gasteiger partial charge >= 0.3 is 5.97 Å². The monoisotopic (exact) mass is 177 g/mol. The number of hydrogen-bond donors (Lipinski definition) is 2. The van der Waals surface area contributed by atoms with Crippen LogP contribution in [0.15, 0.2) is 24.3 Å². The van der Waals surface area contributed by atoms with Crippen molar-refractivity contribution in [1.82, 2.24) is 0 Å². The second-order valence-corrected chi connectivity index (χ2v) is 3.37. The standard InChI is InChI=1S/C10H11NO2/c11-9-7-4-2-1-3-6(7)5-8(9)10(12)13/h1-4,8-9H,5,11H2,(H,12,13). The Morgan fingerprint density at radius 2 is 2.15 bits per heavy atom. The van der Waals surface area contributed by atoms with Crippen molar-refractivity contribution in [2.45, 2.75) is 12.5 Å². The number of rotatable bonds is 1. The van der Waals surface area contributed by atoms with Crippen molar-refractivity contribution in [2.75, 3.05) is 0 Å². The maximum absolute atomic E-state index is 10.8. The second-order valence-electron chi connectivity index (χ2n) is 3.37. The van der Waals surface area contributed by atoms with Crippen molar-refractivity contribution in [3.05, 3.63) is 35.4 Å². The predicted molar refractivity (Wildman–Crippen MR) is 48.2 cm³/mol. The van der Waals surface area contributed by atoms with Gasteiger partial charge in [0.2, 0.25) is 0 Å². The third-order valence-corrected chi connectivity index (χ3v) is 2.60. The van der Waals surface area contributed by atoms with Gasteiger partial charge in [0.05, 0.1) is 5.92 Å². The van der Waals surface area contributed by atoms with Gasteiger partial charge in [0.1, 0.15) is 0 Å². The van der Waals surface area contributed by atoms with Crippen LogP contribution in [0.1, 0.15) is 17.2 Å². The van der Waals surface area contributed by atoms with E-state index in [0.717, 1.165) is 11.1 Å². The fourth-order valence-corrected chi connectivity index (χ4v) is 1.87. The molecule has 1 aromatic carbocycles. The van der Waals surface area contributed by atoms with Crippen LogP contribution in [0, 0.1) is 5.92 Å². The predicted octanol–water partition coefficient (Wildman–Crippen LogP) is 0.943. The Labute approximate surface area is 76.2 Å². The molecular weight excluding hydrogens is 166 g/mol. The summed E-state index contributed by atoms with van der Waals surface area (Å²) in [7, 11) is 0. The molecule has 3 N–H and O–H groups in total. The molecule has 3 heteroatoms. The molecule has 0 radical (unpaired) electrons. The molecule has 0 fully saturated rings. The van der Waals surface area contributed by atoms with Gasteiger partial charge in [0, 0.05) is 6.04 Å². The molecule has 0 saturated carbocycles. The number of carbonyl (C=O) groups is 1. The van der Waals surface area contributed by atoms with Gasteiger partial charge < -0.3 is 10.8 Å². The smallest absolute Gasteiger partial charge is 0.308 e. The molecule has 2 atom stereocenters. The molecule has 1 aromatic rings. The van der Waals surface area contributed by atoms with E-state index in [2.05, 4.69) is 0 Å². The van der Waals surface area contributed by atoms with Crippen LogP contribution >= 0.6 is 0 Å². The number of aliphatic carboxylic acids is 1. The summed E-state index contributed by atoms with van der Waals surface area (Å²) in [5.74, 6) is -1.25. The fraction of sp³-hybridized carbons (Fsp3) is 0.300. The van der Waals surface area contributed by atoms with Crippen molar-refractivity contribution in [2.24, 2.45) is 11.7 Å². The second kappa shape index (κ2) is 2.85. The Hall–Kier alpha value is -1.35. The molecule has 0 amide bonds. The highest BCUT2D eigenvalue weighted by atomic mass is 16.4. The normalized spacial score (nSPS) is 25.6. The van der Waals surface area contributed by atoms with Crippen molar-refractivity contribution >= 4 is 5.97 Å². The third kappa shape index (κ3) is 1.21. The van der Waals surface area contributed by atoms with Crippen molar-refractivity contribution in [3.63, 3.8) is 0 Å². The molecule has 13 heavy (non-hydrogen) atoms. The largest absolute Gasteiger partial charge is 0.481 e. The highest BCUT2D eigenvalue weighted by Gasteiger charge is 2.34. The van der Waals surface area contributed by atoms with Gasteiger partial charge in [0.25, 0.3) is 0 Å². The van der Waals surface area contributed by atoms with Crippen LogP contribution in [-0.4, -0.2) is 11.1 Å². The molecule has 0 saturated heterocycles. The van der Waals surface area contributed by atoms with E-state index in [1.54, 1.807) is 0 Å². The summed E-state index contributed by atoms with van der Waals surface area (Å²) in [5, 5.41) is 8.88. The summed E-state index contributed by atoms with van der Waals surface area (Å²) in [6, 6.07) is 7.31. The van der Waals surface area contributed by atoms with Gasteiger partial charge in [0.15, 0.2) is 0 Å². The van der Waals surface area contributed by atoms with Gasteiger partial charge in [-0.05, 0) is 17.5 Å². The number of hydrogen-bond acceptors (Lipinski definition) is 2. The first-order valence-corrected chi connectivity index (χ1v) is 4.26. The van der Waals surface area contributed by atoms with Gasteiger partial charge in [-0.15, -0.1) is 0 Å². The summed E-state index contributed by atoms with van der Waals surface area (Å²) >= 11 is 0. The lowest BCUT2D eigenvalue weighted by molar-refractivity contribution is -0.142. The van der Waals surface area contributed by atoms with Crippen LogP contribution in [0.25, 0.3) is 0 Å². The quantitative estimate of drug-likeness (QED) is 0.671. The lowest BCUT2D eigenvalue weighted by atomic mass is 10.0. The molecule has 0 bridgehead atoms. The van der Waals surface area contributed by atoms with Gasteiger partial charge in [-0.3, -0.25) is 4.79 Å². The Balaban J connectivity index is 2.38. The van der Waals surface area contributed by atoms with Crippen LogP contribution in [0.5, 0.6) is 0 Å². The lowest BCUT2D eigenvalue weighted by Gasteiger charge is -2.09. The Morgan fingerprint density at radius 1 is 1.46 bits per heavy atom. The first-order chi connectivity index (χ1) is 6.20. The summed E-state index contributed by atoms with van der Waals surface area (Å²) in [6.45, 7) is 0. The van der Waals surface area contributed by atoms with E-state index in [1.165, 1.54) is 0 Å². The van der Waals surface area contributed by atoms with E-state index in [9.17, 15) is 4.79 Å². The van der Waals surface area contributed by atoms with Crippen molar-refractivity contribution in [1.29, 1.82) is 0 Å². The van der Waals surface area contributed by atoms with E-state index in [4.69, 9.17) is 10.8 Å². The molecular formula is C10H11NO2. The van der Waals surface area contributed by atoms with Crippen LogP contribution < -0.4 is 5.73 Å². The average Bonchev–Trinajstić information content (AvgIpc) is 2.45. The number of carboxylic acids is 1. The Bertz CT molecular complexity index is 349. The molecule has 1 aliphatic rings. The molecule has 2 rings (SSSR count). The first-order valence-electron chi connectivity index (χ1n) is 4.26. The van der Waals surface area contributed by atoms with Crippen LogP contribution in [0.2, 0.25) is 0 Å². The highest BCUT2D eigenvalue weighted by molar-refractivity contribution is 5.73. The first kappa shape index (κ1) is 8.26. The fourth-order valence-electron chi connectivity index (χ4n) is 1.87. The number of carboxylic acid groups (broad SMARTS) is 1. The number of nitrogens with two attached hydrogens (primary N) is 1. The molecule has 3 nitrogen and oxygen atoms in total. The Kier molecular flexibility index (Phi) is 1.81. The maximum Gasteiger partial charge on any atom is 0.308 e. The van der Waals surface area contributed by atoms with Crippen LogP contribution in [-0.2, 0) is 11.2 Å². The molecule has 0 aromatic heterocycles. The Morgan fingerprint density at radius 3 is 2.77 bits per heavy atom. The number of benzene rings is 1. The van der Waals surface area contributed by atoms with Gasteiger partial charge in [-0.25, -0.2) is 0 Å². The minimum Gasteiger partial charge on any atom is -0.481 e. The molecule has 0 heterocycles. The maximum atomic E-state index is 10.8. The highest BCUT2D eigenvalue weighted by Crippen LogP contribution is 2.33.